The molecule has 4 aromatic rings. The number of pyridine rings is 1. The first-order chi connectivity index (χ1) is 13.8. The average molecular weight is 391 g/mol. The number of nitrogens with zero attached hydrogens (tertiary/aromatic N) is 6. The molecule has 1 aliphatic heterocycles. The van der Waals surface area contributed by atoms with Gasteiger partial charge in [0.15, 0.2) is 0 Å². The average Bonchev–Trinajstić information content (AvgIpc) is 3.14. The maximum atomic E-state index is 13.3. The Bertz CT molecular complexity index is 1150. The second-order valence-corrected chi connectivity index (χ2v) is 8.29. The number of hydrogen-bond donors (Lipinski definition) is 1. The maximum Gasteiger partial charge on any atom is 0.285 e. The highest BCUT2D eigenvalue weighted by Crippen LogP contribution is 2.42. The van der Waals surface area contributed by atoms with Gasteiger partial charge in [-0.1, -0.05) is 17.4 Å². The van der Waals surface area contributed by atoms with Crippen molar-refractivity contribution in [3.63, 3.8) is 0 Å². The fraction of sp³-hybridized carbons (Fsp3) is 0.316. The lowest BCUT2D eigenvalue weighted by Crippen LogP contribution is -2.41. The van der Waals surface area contributed by atoms with Crippen LogP contribution in [-0.2, 0) is 6.42 Å². The molecule has 1 fully saturated rings. The predicted molar refractivity (Wildman–Crippen MR) is 102 cm³/mol. The summed E-state index contributed by atoms with van der Waals surface area (Å²) in [5, 5.41) is 14.6. The van der Waals surface area contributed by atoms with E-state index in [4.69, 9.17) is 5.10 Å². The van der Waals surface area contributed by atoms with Crippen molar-refractivity contribution in [2.45, 2.75) is 31.2 Å². The molecule has 0 aromatic carbocycles. The Morgan fingerprint density at radius 3 is 3.04 bits per heavy atom. The largest absolute Gasteiger partial charge is 0.348 e. The van der Waals surface area contributed by atoms with Crippen molar-refractivity contribution in [1.29, 1.82) is 0 Å². The molecule has 1 aliphatic carbocycles. The van der Waals surface area contributed by atoms with Gasteiger partial charge < -0.3 is 9.88 Å². The number of aromatic nitrogens is 6. The molecular formula is C19H17N7OS. The van der Waals surface area contributed by atoms with Crippen LogP contribution >= 0.6 is 11.3 Å². The van der Waals surface area contributed by atoms with Crippen LogP contribution in [0.2, 0.25) is 0 Å². The molecule has 9 heteroatoms. The van der Waals surface area contributed by atoms with Gasteiger partial charge in [0.05, 0.1) is 23.2 Å². The van der Waals surface area contributed by atoms with Crippen LogP contribution in [0.1, 0.15) is 56.7 Å². The predicted octanol–water partition coefficient (Wildman–Crippen LogP) is 2.57. The summed E-state index contributed by atoms with van der Waals surface area (Å²) in [6.07, 6.45) is 6.63. The minimum atomic E-state index is -0.337. The van der Waals surface area contributed by atoms with Crippen molar-refractivity contribution in [3.8, 4) is 0 Å². The molecule has 4 aromatic heterocycles. The Morgan fingerprint density at radius 1 is 1.25 bits per heavy atom. The highest BCUT2D eigenvalue weighted by atomic mass is 32.1. The van der Waals surface area contributed by atoms with Crippen molar-refractivity contribution >= 4 is 22.8 Å². The Morgan fingerprint density at radius 2 is 2.18 bits per heavy atom. The van der Waals surface area contributed by atoms with Crippen LogP contribution < -0.4 is 0 Å². The zero-order valence-electron chi connectivity index (χ0n) is 14.9. The summed E-state index contributed by atoms with van der Waals surface area (Å²) in [5.74, 6) is 0.396. The molecule has 6 rings (SSSR count). The van der Waals surface area contributed by atoms with E-state index in [-0.39, 0.29) is 11.9 Å². The monoisotopic (exact) mass is 391 g/mol. The van der Waals surface area contributed by atoms with Gasteiger partial charge in [-0.05, 0) is 31.0 Å². The SMILES string of the molecule is O=C(c1nnc(C2CC2)s1)N1CCc2[nH]cnc2[C@@H]1c1cc2ccccn2n1. The lowest BCUT2D eigenvalue weighted by Gasteiger charge is -2.33. The number of amides is 1. The number of carbonyl (C=O) groups excluding carboxylic acids is 1. The third-order valence-electron chi connectivity index (χ3n) is 5.41. The summed E-state index contributed by atoms with van der Waals surface area (Å²) >= 11 is 1.42. The lowest BCUT2D eigenvalue weighted by atomic mass is 9.99. The summed E-state index contributed by atoms with van der Waals surface area (Å²) in [4.78, 5) is 22.9. The van der Waals surface area contributed by atoms with Gasteiger partial charge in [-0.3, -0.25) is 4.79 Å². The first-order valence-corrected chi connectivity index (χ1v) is 10.2. The number of H-pyrrole nitrogens is 1. The van der Waals surface area contributed by atoms with E-state index in [1.165, 1.54) is 11.3 Å². The van der Waals surface area contributed by atoms with Crippen LogP contribution in [0.25, 0.3) is 5.52 Å². The number of hydrogen-bond acceptors (Lipinski definition) is 6. The van der Waals surface area contributed by atoms with Gasteiger partial charge in [-0.25, -0.2) is 9.50 Å². The zero-order chi connectivity index (χ0) is 18.7. The van der Waals surface area contributed by atoms with Gasteiger partial charge in [0.1, 0.15) is 11.0 Å². The van der Waals surface area contributed by atoms with Crippen molar-refractivity contribution < 1.29 is 4.79 Å². The molecule has 5 heterocycles. The fourth-order valence-electron chi connectivity index (χ4n) is 3.83. The molecule has 8 nitrogen and oxygen atoms in total. The molecule has 0 radical (unpaired) electrons. The van der Waals surface area contributed by atoms with Gasteiger partial charge in [-0.15, -0.1) is 10.2 Å². The second-order valence-electron chi connectivity index (χ2n) is 7.28. The van der Waals surface area contributed by atoms with E-state index in [0.717, 1.165) is 46.9 Å². The molecule has 0 unspecified atom stereocenters. The van der Waals surface area contributed by atoms with E-state index < -0.39 is 0 Å². The van der Waals surface area contributed by atoms with Crippen molar-refractivity contribution in [2.75, 3.05) is 6.54 Å². The lowest BCUT2D eigenvalue weighted by molar-refractivity contribution is 0.0685. The molecule has 1 amide bonds. The summed E-state index contributed by atoms with van der Waals surface area (Å²) in [5.41, 5.74) is 3.70. The van der Waals surface area contributed by atoms with E-state index in [1.54, 1.807) is 6.33 Å². The number of rotatable bonds is 3. The van der Waals surface area contributed by atoms with Crippen molar-refractivity contribution in [1.82, 2.24) is 34.7 Å². The Balaban J connectivity index is 1.43. The van der Waals surface area contributed by atoms with E-state index in [2.05, 4.69) is 20.2 Å². The first-order valence-electron chi connectivity index (χ1n) is 9.39. The summed E-state index contributed by atoms with van der Waals surface area (Å²) < 4.78 is 1.83. The van der Waals surface area contributed by atoms with Crippen LogP contribution in [0.4, 0.5) is 0 Å². The molecule has 28 heavy (non-hydrogen) atoms. The zero-order valence-corrected chi connectivity index (χ0v) is 15.8. The smallest absolute Gasteiger partial charge is 0.285 e. The normalized spacial score (nSPS) is 19.1. The van der Waals surface area contributed by atoms with Crippen LogP contribution in [0.15, 0.2) is 36.8 Å². The standard InChI is InChI=1S/C19H17N7OS/c27-19(18-23-22-17(28-18)11-4-5-11)25-8-6-13-15(21-10-20-13)16(25)14-9-12-3-1-2-7-26(12)24-14/h1-3,7,9-11,16H,4-6,8H2,(H,20,21)/t16-/m0/s1. The maximum absolute atomic E-state index is 13.3. The van der Waals surface area contributed by atoms with E-state index in [9.17, 15) is 4.79 Å². The second kappa shape index (κ2) is 5.96. The number of aromatic amines is 1. The first kappa shape index (κ1) is 15.9. The van der Waals surface area contributed by atoms with Crippen LogP contribution in [0.5, 0.6) is 0 Å². The van der Waals surface area contributed by atoms with Gasteiger partial charge in [0.25, 0.3) is 5.91 Å². The number of nitrogens with one attached hydrogen (secondary N) is 1. The molecule has 2 aliphatic rings. The topological polar surface area (TPSA) is 92.1 Å². The van der Waals surface area contributed by atoms with Gasteiger partial charge in [0.2, 0.25) is 5.01 Å². The van der Waals surface area contributed by atoms with E-state index in [1.807, 2.05) is 39.9 Å². The molecule has 140 valence electrons. The summed E-state index contributed by atoms with van der Waals surface area (Å²) in [6.45, 7) is 0.588. The van der Waals surface area contributed by atoms with E-state index in [0.29, 0.717) is 17.5 Å². The number of carbonyl (C=O) groups is 1. The third kappa shape index (κ3) is 2.46. The quantitative estimate of drug-likeness (QED) is 0.579. The van der Waals surface area contributed by atoms with Crippen LogP contribution in [0, 0.1) is 0 Å². The molecule has 0 saturated heterocycles. The molecular weight excluding hydrogens is 374 g/mol. The van der Waals surface area contributed by atoms with E-state index >= 15 is 0 Å². The van der Waals surface area contributed by atoms with Gasteiger partial charge in [0, 0.05) is 30.8 Å². The third-order valence-corrected chi connectivity index (χ3v) is 6.48. The minimum absolute atomic E-state index is 0.0971. The Hall–Kier alpha value is -3.07. The molecule has 1 atom stereocenters. The summed E-state index contributed by atoms with van der Waals surface area (Å²) in [6, 6.07) is 7.60. The van der Waals surface area contributed by atoms with Crippen LogP contribution in [-0.4, -0.2) is 47.1 Å². The highest BCUT2D eigenvalue weighted by Gasteiger charge is 2.38. The molecule has 1 saturated carbocycles. The van der Waals surface area contributed by atoms with Crippen LogP contribution in [0.3, 0.4) is 0 Å². The van der Waals surface area contributed by atoms with Gasteiger partial charge in [-0.2, -0.15) is 5.10 Å². The van der Waals surface area contributed by atoms with Crippen molar-refractivity contribution in [3.05, 3.63) is 63.9 Å². The molecule has 1 N–H and O–H groups in total. The van der Waals surface area contributed by atoms with Gasteiger partial charge >= 0.3 is 0 Å². The Kier molecular flexibility index (Phi) is 3.39. The minimum Gasteiger partial charge on any atom is -0.348 e. The highest BCUT2D eigenvalue weighted by molar-refractivity contribution is 7.13. The molecule has 0 spiro atoms. The number of fused-ring (bicyclic) bond motifs is 2. The Labute approximate surface area is 164 Å². The molecule has 0 bridgehead atoms. The summed E-state index contributed by atoms with van der Waals surface area (Å²) in [7, 11) is 0. The van der Waals surface area contributed by atoms with Crippen molar-refractivity contribution in [2.24, 2.45) is 0 Å². The fourth-order valence-corrected chi connectivity index (χ4v) is 4.79. The number of imidazole rings is 1.